The number of nitrogens with two attached hydrogens (primary N) is 1. The summed E-state index contributed by atoms with van der Waals surface area (Å²) >= 11 is 0. The predicted octanol–water partition coefficient (Wildman–Crippen LogP) is 1.71. The fourth-order valence-electron chi connectivity index (χ4n) is 1.000. The zero-order valence-corrected chi connectivity index (χ0v) is 7.18. The molecule has 0 aliphatic rings. The summed E-state index contributed by atoms with van der Waals surface area (Å²) in [4.78, 5) is 10.0. The summed E-state index contributed by atoms with van der Waals surface area (Å²) < 4.78 is 0. The molecule has 0 fully saturated rings. The molecule has 0 unspecified atom stereocenters. The highest BCUT2D eigenvalue weighted by Gasteiger charge is 2.10. The Bertz CT molecular complexity index is 432. The van der Waals surface area contributed by atoms with Crippen LogP contribution in [0.4, 0.5) is 11.4 Å². The summed E-state index contributed by atoms with van der Waals surface area (Å²) in [5.74, 6) is 0. The predicted molar refractivity (Wildman–Crippen MR) is 52.2 cm³/mol. The summed E-state index contributed by atoms with van der Waals surface area (Å²) in [5, 5.41) is 18.8. The minimum Gasteiger partial charge on any atom is -0.399 e. The van der Waals surface area contributed by atoms with Crippen molar-refractivity contribution >= 4 is 17.5 Å². The molecule has 0 saturated carbocycles. The second kappa shape index (κ2) is 4.05. The lowest BCUT2D eigenvalue weighted by Crippen LogP contribution is -1.93. The number of nitriles is 1. The second-order valence-electron chi connectivity index (χ2n) is 2.54. The first-order valence-electron chi connectivity index (χ1n) is 3.75. The monoisotopic (exact) mass is 189 g/mol. The number of nitro groups is 1. The van der Waals surface area contributed by atoms with Gasteiger partial charge in [0.2, 0.25) is 0 Å². The SMILES string of the molecule is N#CC=Cc1cc(N)ccc1[N+](=O)[O-]. The van der Waals surface area contributed by atoms with Crippen LogP contribution in [-0.4, -0.2) is 4.92 Å². The van der Waals surface area contributed by atoms with Crippen molar-refractivity contribution in [3.05, 3.63) is 40.0 Å². The molecule has 0 saturated heterocycles. The Kier molecular flexibility index (Phi) is 2.82. The van der Waals surface area contributed by atoms with Gasteiger partial charge in [-0.25, -0.2) is 0 Å². The molecule has 5 heteroatoms. The van der Waals surface area contributed by atoms with Crippen LogP contribution in [0.15, 0.2) is 24.3 Å². The summed E-state index contributed by atoms with van der Waals surface area (Å²) in [6.45, 7) is 0. The summed E-state index contributed by atoms with van der Waals surface area (Å²) in [6.07, 6.45) is 2.52. The van der Waals surface area contributed by atoms with E-state index in [0.29, 0.717) is 11.3 Å². The van der Waals surface area contributed by atoms with Crippen LogP contribution in [0.2, 0.25) is 0 Å². The highest BCUT2D eigenvalue weighted by atomic mass is 16.6. The van der Waals surface area contributed by atoms with E-state index in [-0.39, 0.29) is 5.69 Å². The van der Waals surface area contributed by atoms with Gasteiger partial charge in [-0.2, -0.15) is 5.26 Å². The van der Waals surface area contributed by atoms with Gasteiger partial charge in [0, 0.05) is 17.8 Å². The molecule has 0 radical (unpaired) electrons. The first kappa shape index (κ1) is 9.74. The molecule has 70 valence electrons. The van der Waals surface area contributed by atoms with Crippen molar-refractivity contribution in [2.75, 3.05) is 5.73 Å². The van der Waals surface area contributed by atoms with E-state index in [4.69, 9.17) is 11.0 Å². The molecular weight excluding hydrogens is 182 g/mol. The minimum atomic E-state index is -0.517. The van der Waals surface area contributed by atoms with Crippen molar-refractivity contribution in [1.82, 2.24) is 0 Å². The maximum absolute atomic E-state index is 10.5. The highest BCUT2D eigenvalue weighted by Crippen LogP contribution is 2.22. The smallest absolute Gasteiger partial charge is 0.276 e. The maximum Gasteiger partial charge on any atom is 0.276 e. The average molecular weight is 189 g/mol. The zero-order valence-electron chi connectivity index (χ0n) is 7.18. The number of hydrogen-bond donors (Lipinski definition) is 1. The number of anilines is 1. The molecule has 0 aromatic heterocycles. The lowest BCUT2D eigenvalue weighted by molar-refractivity contribution is -0.385. The van der Waals surface area contributed by atoms with E-state index in [1.54, 1.807) is 6.07 Å². The van der Waals surface area contributed by atoms with Crippen LogP contribution < -0.4 is 5.73 Å². The molecule has 14 heavy (non-hydrogen) atoms. The van der Waals surface area contributed by atoms with Gasteiger partial charge < -0.3 is 5.73 Å². The Balaban J connectivity index is 3.24. The van der Waals surface area contributed by atoms with Crippen molar-refractivity contribution in [2.24, 2.45) is 0 Å². The van der Waals surface area contributed by atoms with Gasteiger partial charge in [0.25, 0.3) is 5.69 Å². The van der Waals surface area contributed by atoms with E-state index in [1.165, 1.54) is 30.4 Å². The van der Waals surface area contributed by atoms with Crippen LogP contribution in [0.1, 0.15) is 5.56 Å². The van der Waals surface area contributed by atoms with Crippen molar-refractivity contribution in [2.45, 2.75) is 0 Å². The van der Waals surface area contributed by atoms with E-state index in [1.807, 2.05) is 0 Å². The van der Waals surface area contributed by atoms with Crippen LogP contribution in [0.5, 0.6) is 0 Å². The Labute approximate surface area is 80.2 Å². The zero-order chi connectivity index (χ0) is 10.6. The van der Waals surface area contributed by atoms with Crippen LogP contribution >= 0.6 is 0 Å². The lowest BCUT2D eigenvalue weighted by Gasteiger charge is -1.98. The number of benzene rings is 1. The van der Waals surface area contributed by atoms with Gasteiger partial charge in [-0.05, 0) is 18.2 Å². The molecule has 0 aliphatic carbocycles. The molecule has 0 amide bonds. The molecule has 0 heterocycles. The number of nitro benzene ring substituents is 1. The van der Waals surface area contributed by atoms with Crippen molar-refractivity contribution < 1.29 is 4.92 Å². The van der Waals surface area contributed by atoms with Gasteiger partial charge in [-0.15, -0.1) is 0 Å². The summed E-state index contributed by atoms with van der Waals surface area (Å²) in [7, 11) is 0. The number of hydrogen-bond acceptors (Lipinski definition) is 4. The number of nitrogen functional groups attached to an aromatic ring is 1. The van der Waals surface area contributed by atoms with Crippen LogP contribution in [-0.2, 0) is 0 Å². The molecule has 5 nitrogen and oxygen atoms in total. The van der Waals surface area contributed by atoms with E-state index >= 15 is 0 Å². The average Bonchev–Trinajstić information content (AvgIpc) is 2.14. The van der Waals surface area contributed by atoms with Crippen molar-refractivity contribution in [1.29, 1.82) is 5.26 Å². The molecule has 0 bridgehead atoms. The van der Waals surface area contributed by atoms with Gasteiger partial charge in [0.15, 0.2) is 0 Å². The maximum atomic E-state index is 10.5. The molecule has 2 N–H and O–H groups in total. The van der Waals surface area contributed by atoms with Crippen LogP contribution in [0, 0.1) is 21.4 Å². The van der Waals surface area contributed by atoms with Crippen LogP contribution in [0.25, 0.3) is 6.08 Å². The number of allylic oxidation sites excluding steroid dienone is 1. The molecule has 1 aromatic carbocycles. The number of nitrogens with zero attached hydrogens (tertiary/aromatic N) is 2. The Hall–Kier alpha value is -2.35. The molecule has 1 aromatic rings. The molecule has 0 spiro atoms. The lowest BCUT2D eigenvalue weighted by atomic mass is 10.1. The standard InChI is InChI=1S/C9H7N3O2/c10-5-1-2-7-6-8(11)3-4-9(7)12(13)14/h1-4,6H,11H2. The largest absolute Gasteiger partial charge is 0.399 e. The quantitative estimate of drug-likeness (QED) is 0.331. The summed E-state index contributed by atoms with van der Waals surface area (Å²) in [5.41, 5.74) is 6.15. The second-order valence-corrected chi connectivity index (χ2v) is 2.54. The Morgan fingerprint density at radius 1 is 1.57 bits per heavy atom. The first-order valence-corrected chi connectivity index (χ1v) is 3.75. The molecular formula is C9H7N3O2. The summed E-state index contributed by atoms with van der Waals surface area (Å²) in [6, 6.07) is 5.97. The fourth-order valence-corrected chi connectivity index (χ4v) is 1.000. The van der Waals surface area contributed by atoms with Gasteiger partial charge in [-0.1, -0.05) is 0 Å². The number of rotatable bonds is 2. The van der Waals surface area contributed by atoms with E-state index in [0.717, 1.165) is 0 Å². The van der Waals surface area contributed by atoms with E-state index in [2.05, 4.69) is 0 Å². The first-order chi connectivity index (χ1) is 6.65. The van der Waals surface area contributed by atoms with Gasteiger partial charge in [0.05, 0.1) is 16.6 Å². The molecule has 0 aliphatic heterocycles. The minimum absolute atomic E-state index is 0.0642. The van der Waals surface area contributed by atoms with Crippen molar-refractivity contribution in [3.8, 4) is 6.07 Å². The topological polar surface area (TPSA) is 93.0 Å². The fraction of sp³-hybridized carbons (Fsp3) is 0. The highest BCUT2D eigenvalue weighted by molar-refractivity contribution is 5.66. The van der Waals surface area contributed by atoms with Gasteiger partial charge in [0.1, 0.15) is 0 Å². The van der Waals surface area contributed by atoms with Gasteiger partial charge >= 0.3 is 0 Å². The Morgan fingerprint density at radius 2 is 2.29 bits per heavy atom. The molecule has 1 rings (SSSR count). The van der Waals surface area contributed by atoms with E-state index < -0.39 is 4.92 Å². The van der Waals surface area contributed by atoms with Crippen molar-refractivity contribution in [3.63, 3.8) is 0 Å². The normalized spacial score (nSPS) is 9.93. The third-order valence-electron chi connectivity index (χ3n) is 1.59. The van der Waals surface area contributed by atoms with Crippen LogP contribution in [0.3, 0.4) is 0 Å². The van der Waals surface area contributed by atoms with Gasteiger partial charge in [-0.3, -0.25) is 10.1 Å². The third-order valence-corrected chi connectivity index (χ3v) is 1.59. The molecule has 0 atom stereocenters. The van der Waals surface area contributed by atoms with E-state index in [9.17, 15) is 10.1 Å². The third kappa shape index (κ3) is 2.08. The Morgan fingerprint density at radius 3 is 2.86 bits per heavy atom.